The summed E-state index contributed by atoms with van der Waals surface area (Å²) in [6.45, 7) is 2.27. The Bertz CT molecular complexity index is 567. The molecular formula is C13H14N2O. The molecule has 1 aliphatic heterocycles. The Kier molecular flexibility index (Phi) is 2.17. The highest BCUT2D eigenvalue weighted by Crippen LogP contribution is 2.23. The van der Waals surface area contributed by atoms with Gasteiger partial charge >= 0.3 is 0 Å². The van der Waals surface area contributed by atoms with E-state index < -0.39 is 0 Å². The second-order valence-electron chi connectivity index (χ2n) is 4.27. The van der Waals surface area contributed by atoms with Crippen molar-refractivity contribution in [2.24, 2.45) is 0 Å². The molecule has 1 aliphatic rings. The Hall–Kier alpha value is -1.77. The number of rotatable bonds is 1. The third kappa shape index (κ3) is 1.48. The van der Waals surface area contributed by atoms with Gasteiger partial charge in [0.15, 0.2) is 0 Å². The molecule has 16 heavy (non-hydrogen) atoms. The SMILES string of the molecule is O=c1[nH]ccc2cc(N3CCCC3)ccc12. The van der Waals surface area contributed by atoms with Crippen LogP contribution in [0.5, 0.6) is 0 Å². The minimum absolute atomic E-state index is 0.00882. The summed E-state index contributed by atoms with van der Waals surface area (Å²) >= 11 is 0. The molecule has 0 aliphatic carbocycles. The Balaban J connectivity index is 2.12. The lowest BCUT2D eigenvalue weighted by Crippen LogP contribution is -2.17. The second kappa shape index (κ2) is 3.67. The molecule has 0 saturated carbocycles. The molecule has 1 N–H and O–H groups in total. The van der Waals surface area contributed by atoms with E-state index >= 15 is 0 Å². The summed E-state index contributed by atoms with van der Waals surface area (Å²) in [6, 6.07) is 8.02. The minimum atomic E-state index is -0.00882. The van der Waals surface area contributed by atoms with E-state index in [1.807, 2.05) is 18.2 Å². The first kappa shape index (κ1) is 9.46. The normalized spacial score (nSPS) is 15.9. The highest BCUT2D eigenvalue weighted by Gasteiger charge is 2.12. The Morgan fingerprint density at radius 1 is 1.12 bits per heavy atom. The number of aromatic nitrogens is 1. The van der Waals surface area contributed by atoms with Crippen molar-refractivity contribution in [2.45, 2.75) is 12.8 Å². The van der Waals surface area contributed by atoms with Gasteiger partial charge in [0.25, 0.3) is 5.56 Å². The third-order valence-electron chi connectivity index (χ3n) is 3.23. The maximum absolute atomic E-state index is 11.5. The molecule has 0 atom stereocenters. The van der Waals surface area contributed by atoms with E-state index in [2.05, 4.69) is 16.0 Å². The van der Waals surface area contributed by atoms with Crippen molar-refractivity contribution in [1.82, 2.24) is 4.98 Å². The highest BCUT2D eigenvalue weighted by atomic mass is 16.1. The van der Waals surface area contributed by atoms with Crippen LogP contribution in [-0.2, 0) is 0 Å². The number of hydrogen-bond acceptors (Lipinski definition) is 2. The Morgan fingerprint density at radius 3 is 2.75 bits per heavy atom. The number of nitrogens with one attached hydrogen (secondary N) is 1. The highest BCUT2D eigenvalue weighted by molar-refractivity contribution is 5.84. The van der Waals surface area contributed by atoms with Gasteiger partial charge in [-0.25, -0.2) is 0 Å². The topological polar surface area (TPSA) is 36.1 Å². The lowest BCUT2D eigenvalue weighted by Gasteiger charge is -2.17. The average Bonchev–Trinajstić information content (AvgIpc) is 2.82. The van der Waals surface area contributed by atoms with Crippen LogP contribution < -0.4 is 10.5 Å². The number of benzene rings is 1. The van der Waals surface area contributed by atoms with Crippen LogP contribution in [0.4, 0.5) is 5.69 Å². The summed E-state index contributed by atoms with van der Waals surface area (Å²) in [6.07, 6.45) is 4.25. The van der Waals surface area contributed by atoms with E-state index in [1.165, 1.54) is 18.5 Å². The van der Waals surface area contributed by atoms with Crippen LogP contribution in [-0.4, -0.2) is 18.1 Å². The van der Waals surface area contributed by atoms with Crippen LogP contribution >= 0.6 is 0 Å². The molecule has 1 aromatic heterocycles. The molecule has 0 amide bonds. The van der Waals surface area contributed by atoms with Gasteiger partial charge in [0.05, 0.1) is 0 Å². The zero-order valence-corrected chi connectivity index (χ0v) is 9.07. The average molecular weight is 214 g/mol. The molecule has 2 heterocycles. The van der Waals surface area contributed by atoms with Gasteiger partial charge in [0.2, 0.25) is 0 Å². The van der Waals surface area contributed by atoms with Crippen molar-refractivity contribution < 1.29 is 0 Å². The largest absolute Gasteiger partial charge is 0.372 e. The molecule has 1 fully saturated rings. The molecule has 2 aromatic rings. The predicted molar refractivity (Wildman–Crippen MR) is 66.0 cm³/mol. The second-order valence-corrected chi connectivity index (χ2v) is 4.27. The fourth-order valence-corrected chi connectivity index (χ4v) is 2.35. The van der Waals surface area contributed by atoms with Crippen molar-refractivity contribution in [2.75, 3.05) is 18.0 Å². The van der Waals surface area contributed by atoms with E-state index in [1.54, 1.807) is 6.20 Å². The third-order valence-corrected chi connectivity index (χ3v) is 3.23. The number of hydrogen-bond donors (Lipinski definition) is 1. The summed E-state index contributed by atoms with van der Waals surface area (Å²) in [4.78, 5) is 16.6. The number of anilines is 1. The van der Waals surface area contributed by atoms with Crippen LogP contribution in [0, 0.1) is 0 Å². The molecule has 1 saturated heterocycles. The van der Waals surface area contributed by atoms with Crippen molar-refractivity contribution in [3.63, 3.8) is 0 Å². The molecule has 0 spiro atoms. The van der Waals surface area contributed by atoms with Crippen LogP contribution in [0.3, 0.4) is 0 Å². The van der Waals surface area contributed by atoms with E-state index in [0.29, 0.717) is 0 Å². The zero-order valence-electron chi connectivity index (χ0n) is 9.07. The molecule has 0 radical (unpaired) electrons. The summed E-state index contributed by atoms with van der Waals surface area (Å²) in [7, 11) is 0. The smallest absolute Gasteiger partial charge is 0.255 e. The first-order chi connectivity index (χ1) is 7.84. The fraction of sp³-hybridized carbons (Fsp3) is 0.308. The van der Waals surface area contributed by atoms with Gasteiger partial charge in [-0.05, 0) is 42.5 Å². The zero-order chi connectivity index (χ0) is 11.0. The Labute approximate surface area is 93.7 Å². The fourth-order valence-electron chi connectivity index (χ4n) is 2.35. The van der Waals surface area contributed by atoms with Gasteiger partial charge in [-0.1, -0.05) is 0 Å². The summed E-state index contributed by atoms with van der Waals surface area (Å²) in [5, 5.41) is 1.79. The number of aromatic amines is 1. The number of fused-ring (bicyclic) bond motifs is 1. The van der Waals surface area contributed by atoms with Gasteiger partial charge < -0.3 is 9.88 Å². The van der Waals surface area contributed by atoms with Crippen LogP contribution in [0.1, 0.15) is 12.8 Å². The lowest BCUT2D eigenvalue weighted by molar-refractivity contribution is 0.949. The van der Waals surface area contributed by atoms with Crippen LogP contribution in [0.25, 0.3) is 10.8 Å². The molecule has 0 bridgehead atoms. The quantitative estimate of drug-likeness (QED) is 0.789. The first-order valence-electron chi connectivity index (χ1n) is 5.71. The van der Waals surface area contributed by atoms with Crippen LogP contribution in [0.2, 0.25) is 0 Å². The summed E-state index contributed by atoms with van der Waals surface area (Å²) in [5.74, 6) is 0. The van der Waals surface area contributed by atoms with E-state index in [4.69, 9.17) is 0 Å². The monoisotopic (exact) mass is 214 g/mol. The molecule has 0 unspecified atom stereocenters. The molecule has 3 nitrogen and oxygen atoms in total. The van der Waals surface area contributed by atoms with Gasteiger partial charge in [0, 0.05) is 30.4 Å². The van der Waals surface area contributed by atoms with Crippen molar-refractivity contribution in [3.05, 3.63) is 40.8 Å². The Morgan fingerprint density at radius 2 is 1.94 bits per heavy atom. The number of pyridine rings is 1. The molecule has 82 valence electrons. The van der Waals surface area contributed by atoms with Gasteiger partial charge in [-0.3, -0.25) is 4.79 Å². The predicted octanol–water partition coefficient (Wildman–Crippen LogP) is 2.13. The molecule has 3 rings (SSSR count). The van der Waals surface area contributed by atoms with Crippen LogP contribution in [0.15, 0.2) is 35.3 Å². The maximum atomic E-state index is 11.5. The summed E-state index contributed by atoms with van der Waals surface area (Å²) in [5.41, 5.74) is 1.22. The van der Waals surface area contributed by atoms with E-state index in [-0.39, 0.29) is 5.56 Å². The number of nitrogens with zero attached hydrogens (tertiary/aromatic N) is 1. The van der Waals surface area contributed by atoms with E-state index in [0.717, 1.165) is 23.9 Å². The van der Waals surface area contributed by atoms with E-state index in [9.17, 15) is 4.79 Å². The molecular weight excluding hydrogens is 200 g/mol. The number of H-pyrrole nitrogens is 1. The van der Waals surface area contributed by atoms with Crippen molar-refractivity contribution in [3.8, 4) is 0 Å². The molecule has 3 heteroatoms. The van der Waals surface area contributed by atoms with Gasteiger partial charge in [0.1, 0.15) is 0 Å². The molecule has 1 aromatic carbocycles. The van der Waals surface area contributed by atoms with Gasteiger partial charge in [-0.15, -0.1) is 0 Å². The maximum Gasteiger partial charge on any atom is 0.255 e. The standard InChI is InChI=1S/C13H14N2O/c16-13-12-4-3-11(15-7-1-2-8-15)9-10(12)5-6-14-13/h3-6,9H,1-2,7-8H2,(H,14,16). The van der Waals surface area contributed by atoms with Crippen molar-refractivity contribution >= 4 is 16.5 Å². The summed E-state index contributed by atoms with van der Waals surface area (Å²) < 4.78 is 0. The first-order valence-corrected chi connectivity index (χ1v) is 5.71. The van der Waals surface area contributed by atoms with Gasteiger partial charge in [-0.2, -0.15) is 0 Å². The van der Waals surface area contributed by atoms with Crippen molar-refractivity contribution in [1.29, 1.82) is 0 Å². The minimum Gasteiger partial charge on any atom is -0.372 e. The lowest BCUT2D eigenvalue weighted by atomic mass is 10.1.